The zero-order valence-electron chi connectivity index (χ0n) is 10.9. The summed E-state index contributed by atoms with van der Waals surface area (Å²) in [5.41, 5.74) is 0. The van der Waals surface area contributed by atoms with Gasteiger partial charge in [-0.25, -0.2) is 4.79 Å². The van der Waals surface area contributed by atoms with Crippen LogP contribution < -0.4 is 10.6 Å². The number of nitriles is 1. The van der Waals surface area contributed by atoms with E-state index in [1.54, 1.807) is 0 Å². The molecule has 0 unspecified atom stereocenters. The first-order chi connectivity index (χ1) is 9.28. The molecule has 0 aliphatic heterocycles. The van der Waals surface area contributed by atoms with E-state index >= 15 is 0 Å². The van der Waals surface area contributed by atoms with Gasteiger partial charge in [0, 0.05) is 13.0 Å². The van der Waals surface area contributed by atoms with Crippen LogP contribution >= 0.6 is 0 Å². The average Bonchev–Trinajstić information content (AvgIpc) is 2.35. The first kappa shape index (κ1) is 18.0. The van der Waals surface area contributed by atoms with Crippen molar-refractivity contribution in [2.24, 2.45) is 0 Å². The van der Waals surface area contributed by atoms with Crippen LogP contribution in [0.1, 0.15) is 26.2 Å². The molecule has 0 heterocycles. The monoisotopic (exact) mass is 295 g/mol. The fourth-order valence-electron chi connectivity index (χ4n) is 1.20. The summed E-state index contributed by atoms with van der Waals surface area (Å²) in [4.78, 5) is 22.2. The Morgan fingerprint density at radius 3 is 2.55 bits per heavy atom. The van der Waals surface area contributed by atoms with Gasteiger partial charge in [-0.05, 0) is 6.42 Å². The minimum absolute atomic E-state index is 0.150. The second-order valence-corrected chi connectivity index (χ2v) is 3.91. The molecule has 0 saturated heterocycles. The van der Waals surface area contributed by atoms with Gasteiger partial charge in [-0.1, -0.05) is 13.3 Å². The Bertz CT molecular complexity index is 366. The van der Waals surface area contributed by atoms with Gasteiger partial charge in [0.2, 0.25) is 5.91 Å². The van der Waals surface area contributed by atoms with E-state index in [2.05, 4.69) is 10.1 Å². The number of nitrogens with zero attached hydrogens (tertiary/aromatic N) is 1. The van der Waals surface area contributed by atoms with Gasteiger partial charge < -0.3 is 15.4 Å². The number of carbonyl (C=O) groups is 2. The zero-order valence-corrected chi connectivity index (χ0v) is 10.9. The summed E-state index contributed by atoms with van der Waals surface area (Å²) in [6.07, 6.45) is -4.76. The predicted molar refractivity (Wildman–Crippen MR) is 62.5 cm³/mol. The molecule has 0 spiro atoms. The fraction of sp³-hybridized carbons (Fsp3) is 0.727. The normalized spacial score (nSPS) is 12.2. The third-order valence-corrected chi connectivity index (χ3v) is 2.06. The van der Waals surface area contributed by atoms with Crippen molar-refractivity contribution < 1.29 is 27.5 Å². The molecule has 0 radical (unpaired) electrons. The van der Waals surface area contributed by atoms with E-state index in [1.165, 1.54) is 0 Å². The van der Waals surface area contributed by atoms with Crippen molar-refractivity contribution in [3.63, 3.8) is 0 Å². The Hall–Kier alpha value is -1.98. The highest BCUT2D eigenvalue weighted by molar-refractivity contribution is 5.77. The van der Waals surface area contributed by atoms with E-state index in [0.29, 0.717) is 6.42 Å². The third kappa shape index (κ3) is 9.99. The van der Waals surface area contributed by atoms with Crippen LogP contribution in [0.2, 0.25) is 0 Å². The number of alkyl halides is 3. The molecule has 0 aliphatic rings. The lowest BCUT2D eigenvalue weighted by Gasteiger charge is -2.11. The largest absolute Gasteiger partial charge is 0.440 e. The quantitative estimate of drug-likeness (QED) is 0.744. The van der Waals surface area contributed by atoms with Gasteiger partial charge in [-0.2, -0.15) is 18.4 Å². The van der Waals surface area contributed by atoms with Crippen LogP contribution in [0.4, 0.5) is 18.0 Å². The average molecular weight is 295 g/mol. The van der Waals surface area contributed by atoms with Crippen LogP contribution in [-0.2, 0) is 9.53 Å². The molecule has 0 rings (SSSR count). The van der Waals surface area contributed by atoms with Crippen LogP contribution in [-0.4, -0.2) is 37.4 Å². The van der Waals surface area contributed by atoms with Gasteiger partial charge in [0.05, 0.1) is 6.07 Å². The smallest absolute Gasteiger partial charge is 0.422 e. The second-order valence-electron chi connectivity index (χ2n) is 3.91. The van der Waals surface area contributed by atoms with Crippen LogP contribution in [0.25, 0.3) is 0 Å². The molecular formula is C11H16F3N3O3. The fourth-order valence-corrected chi connectivity index (χ4v) is 1.20. The number of halogens is 3. The number of amides is 2. The van der Waals surface area contributed by atoms with Crippen molar-refractivity contribution in [2.45, 2.75) is 38.4 Å². The second kappa shape index (κ2) is 9.01. The van der Waals surface area contributed by atoms with Crippen LogP contribution in [0.3, 0.4) is 0 Å². The van der Waals surface area contributed by atoms with Crippen LogP contribution in [0.15, 0.2) is 0 Å². The van der Waals surface area contributed by atoms with Crippen LogP contribution in [0.5, 0.6) is 0 Å². The molecule has 0 aromatic heterocycles. The maximum absolute atomic E-state index is 11.7. The van der Waals surface area contributed by atoms with Crippen LogP contribution in [0, 0.1) is 11.3 Å². The molecule has 6 nitrogen and oxygen atoms in total. The van der Waals surface area contributed by atoms with Gasteiger partial charge >= 0.3 is 12.3 Å². The van der Waals surface area contributed by atoms with E-state index in [9.17, 15) is 22.8 Å². The third-order valence-electron chi connectivity index (χ3n) is 2.06. The molecule has 20 heavy (non-hydrogen) atoms. The maximum atomic E-state index is 11.7. The highest BCUT2D eigenvalue weighted by Gasteiger charge is 2.29. The Kier molecular flexibility index (Phi) is 8.12. The number of carbonyl (C=O) groups excluding carboxylic acids is 2. The number of rotatable bonds is 7. The standard InChI is InChI=1S/C11H16F3N3O3/c1-2-3-8(6-15)17-9(18)4-5-16-10(19)20-7-11(12,13)14/h8H,2-5,7H2,1H3,(H,16,19)(H,17,18)/t8-/m0/s1. The van der Waals surface area contributed by atoms with Crippen molar-refractivity contribution in [3.8, 4) is 6.07 Å². The van der Waals surface area contributed by atoms with Gasteiger partial charge in [0.1, 0.15) is 6.04 Å². The zero-order chi connectivity index (χ0) is 15.6. The van der Waals surface area contributed by atoms with Crippen molar-refractivity contribution in [1.82, 2.24) is 10.6 Å². The lowest BCUT2D eigenvalue weighted by Crippen LogP contribution is -2.36. The van der Waals surface area contributed by atoms with E-state index in [1.807, 2.05) is 18.3 Å². The summed E-state index contributed by atoms with van der Waals surface area (Å²) >= 11 is 0. The topological polar surface area (TPSA) is 91.2 Å². The van der Waals surface area contributed by atoms with Gasteiger partial charge in [-0.3, -0.25) is 4.79 Å². The van der Waals surface area contributed by atoms with Crippen molar-refractivity contribution >= 4 is 12.0 Å². The molecule has 9 heteroatoms. The molecule has 0 aromatic rings. The number of ether oxygens (including phenoxy) is 1. The molecule has 1 atom stereocenters. The number of hydrogen-bond donors (Lipinski definition) is 2. The lowest BCUT2D eigenvalue weighted by molar-refractivity contribution is -0.160. The van der Waals surface area contributed by atoms with Gasteiger partial charge in [-0.15, -0.1) is 0 Å². The van der Waals surface area contributed by atoms with Gasteiger partial charge in [0.15, 0.2) is 6.61 Å². The molecular weight excluding hydrogens is 279 g/mol. The SMILES string of the molecule is CCC[C@@H](C#N)NC(=O)CCNC(=O)OCC(F)(F)F. The minimum Gasteiger partial charge on any atom is -0.440 e. The van der Waals surface area contributed by atoms with Crippen molar-refractivity contribution in [2.75, 3.05) is 13.2 Å². The number of hydrogen-bond acceptors (Lipinski definition) is 4. The lowest BCUT2D eigenvalue weighted by atomic mass is 10.2. The first-order valence-corrected chi connectivity index (χ1v) is 5.94. The first-order valence-electron chi connectivity index (χ1n) is 5.94. The molecule has 0 bridgehead atoms. The summed E-state index contributed by atoms with van der Waals surface area (Å²) in [5, 5.41) is 13.1. The Morgan fingerprint density at radius 2 is 2.05 bits per heavy atom. The predicted octanol–water partition coefficient (Wildman–Crippen LogP) is 1.47. The minimum atomic E-state index is -4.59. The number of alkyl carbamates (subject to hydrolysis) is 1. The summed E-state index contributed by atoms with van der Waals surface area (Å²) in [6.45, 7) is -0.000455. The van der Waals surface area contributed by atoms with E-state index in [4.69, 9.17) is 5.26 Å². The summed E-state index contributed by atoms with van der Waals surface area (Å²) in [7, 11) is 0. The van der Waals surface area contributed by atoms with E-state index in [-0.39, 0.29) is 13.0 Å². The molecule has 2 N–H and O–H groups in total. The highest BCUT2D eigenvalue weighted by atomic mass is 19.4. The summed E-state index contributed by atoms with van der Waals surface area (Å²) < 4.78 is 39.0. The Balaban J connectivity index is 3.81. The molecule has 0 saturated carbocycles. The van der Waals surface area contributed by atoms with E-state index < -0.39 is 30.8 Å². The molecule has 0 aliphatic carbocycles. The van der Waals surface area contributed by atoms with Crippen molar-refractivity contribution in [1.29, 1.82) is 5.26 Å². The Labute approximate surface area is 114 Å². The number of nitrogens with one attached hydrogen (secondary N) is 2. The summed E-state index contributed by atoms with van der Waals surface area (Å²) in [6, 6.07) is 1.29. The van der Waals surface area contributed by atoms with Gasteiger partial charge in [0.25, 0.3) is 0 Å². The molecule has 0 fully saturated rings. The molecule has 2 amide bonds. The highest BCUT2D eigenvalue weighted by Crippen LogP contribution is 2.14. The molecule has 0 aromatic carbocycles. The van der Waals surface area contributed by atoms with E-state index in [0.717, 1.165) is 6.42 Å². The van der Waals surface area contributed by atoms with Crippen molar-refractivity contribution in [3.05, 3.63) is 0 Å². The summed E-state index contributed by atoms with van der Waals surface area (Å²) in [5.74, 6) is -0.471. The molecule has 114 valence electrons. The Morgan fingerprint density at radius 1 is 1.40 bits per heavy atom. The maximum Gasteiger partial charge on any atom is 0.422 e.